The summed E-state index contributed by atoms with van der Waals surface area (Å²) in [5.41, 5.74) is 1.57. The molecule has 4 atom stereocenters. The van der Waals surface area contributed by atoms with Gasteiger partial charge in [-0.3, -0.25) is 14.6 Å². The largest absolute Gasteiger partial charge is 0.480 e. The molecule has 4 unspecified atom stereocenters. The molecule has 2 amide bonds. The van der Waals surface area contributed by atoms with Gasteiger partial charge in [-0.25, -0.2) is 4.79 Å². The van der Waals surface area contributed by atoms with Gasteiger partial charge in [0.2, 0.25) is 11.8 Å². The Labute approximate surface area is 184 Å². The Hall–Kier alpha value is -3.13. The molecule has 2 heterocycles. The smallest absolute Gasteiger partial charge is 0.327 e. The van der Waals surface area contributed by atoms with Crippen molar-refractivity contribution < 1.29 is 19.5 Å². The summed E-state index contributed by atoms with van der Waals surface area (Å²) in [5.74, 6) is -1.80. The van der Waals surface area contributed by atoms with E-state index in [1.54, 1.807) is 20.1 Å². The second-order valence-electron chi connectivity index (χ2n) is 8.09. The first-order chi connectivity index (χ1) is 14.8. The molecule has 7 nitrogen and oxygen atoms in total. The fraction of sp³-hybridized carbons (Fsp3) is 0.304. The minimum absolute atomic E-state index is 0.373. The highest BCUT2D eigenvalue weighted by Gasteiger charge is 2.64. The van der Waals surface area contributed by atoms with Crippen LogP contribution < -0.4 is 5.32 Å². The van der Waals surface area contributed by atoms with Crippen molar-refractivity contribution in [3.63, 3.8) is 0 Å². The Morgan fingerprint density at radius 3 is 2.35 bits per heavy atom. The minimum Gasteiger partial charge on any atom is -0.480 e. The molecule has 2 aromatic rings. The molecule has 0 saturated carbocycles. The number of thioether (sulfide) groups is 1. The molecule has 2 aliphatic heterocycles. The zero-order valence-corrected chi connectivity index (χ0v) is 18.0. The second-order valence-corrected chi connectivity index (χ2v) is 9.86. The normalized spacial score (nSPS) is 25.0. The first kappa shape index (κ1) is 21.1. The number of carbonyl (C=O) groups excluding carboxylic acids is 2. The van der Waals surface area contributed by atoms with E-state index in [0.29, 0.717) is 5.56 Å². The third-order valence-corrected chi connectivity index (χ3v) is 7.08. The second kappa shape index (κ2) is 8.19. The van der Waals surface area contributed by atoms with Gasteiger partial charge in [0.25, 0.3) is 0 Å². The van der Waals surface area contributed by atoms with Crippen LogP contribution in [0.1, 0.15) is 31.0 Å². The van der Waals surface area contributed by atoms with Crippen LogP contribution in [0.4, 0.5) is 0 Å². The highest BCUT2D eigenvalue weighted by Crippen LogP contribution is 2.50. The van der Waals surface area contributed by atoms with E-state index in [9.17, 15) is 19.5 Å². The van der Waals surface area contributed by atoms with E-state index in [2.05, 4.69) is 10.3 Å². The summed E-state index contributed by atoms with van der Waals surface area (Å²) in [7, 11) is 0. The molecular weight excluding hydrogens is 414 g/mol. The Balaban J connectivity index is 1.54. The summed E-state index contributed by atoms with van der Waals surface area (Å²) in [6, 6.07) is 16.1. The van der Waals surface area contributed by atoms with E-state index >= 15 is 0 Å². The Morgan fingerprint density at radius 2 is 1.74 bits per heavy atom. The number of carbonyl (C=O) groups is 3. The molecule has 0 radical (unpaired) electrons. The van der Waals surface area contributed by atoms with E-state index in [1.807, 2.05) is 60.7 Å². The van der Waals surface area contributed by atoms with Gasteiger partial charge in [0.15, 0.2) is 6.04 Å². The van der Waals surface area contributed by atoms with Crippen LogP contribution in [0.3, 0.4) is 0 Å². The third-order valence-electron chi connectivity index (χ3n) is 5.51. The van der Waals surface area contributed by atoms with Crippen molar-refractivity contribution >= 4 is 35.8 Å². The number of hydrogen-bond acceptors (Lipinski definition) is 5. The summed E-state index contributed by atoms with van der Waals surface area (Å²) in [6.45, 7) is 3.61. The summed E-state index contributed by atoms with van der Waals surface area (Å²) >= 11 is 1.40. The molecule has 2 saturated heterocycles. The number of aliphatic carboxylic acids is 1. The zero-order valence-electron chi connectivity index (χ0n) is 17.1. The number of hydrogen-bond donors (Lipinski definition) is 2. The summed E-state index contributed by atoms with van der Waals surface area (Å²) < 4.78 is -0.643. The maximum absolute atomic E-state index is 13.2. The highest BCUT2D eigenvalue weighted by molar-refractivity contribution is 8.01. The van der Waals surface area contributed by atoms with E-state index in [1.165, 1.54) is 16.7 Å². The average Bonchev–Trinajstić information content (AvgIpc) is 3.01. The Morgan fingerprint density at radius 1 is 1.13 bits per heavy atom. The summed E-state index contributed by atoms with van der Waals surface area (Å²) in [5, 5.41) is 12.0. The first-order valence-corrected chi connectivity index (χ1v) is 10.8. The molecule has 0 spiro atoms. The number of benzene rings is 2. The zero-order chi connectivity index (χ0) is 22.2. The van der Waals surface area contributed by atoms with Crippen LogP contribution in [0.2, 0.25) is 0 Å². The van der Waals surface area contributed by atoms with Gasteiger partial charge in [-0.05, 0) is 25.0 Å². The molecule has 2 aliphatic rings. The van der Waals surface area contributed by atoms with Gasteiger partial charge in [0.1, 0.15) is 17.5 Å². The number of carboxylic acid groups (broad SMARTS) is 1. The Bertz CT molecular complexity index is 1030. The van der Waals surface area contributed by atoms with E-state index in [4.69, 9.17) is 0 Å². The lowest BCUT2D eigenvalue weighted by molar-refractivity contribution is -0.161. The number of rotatable bonds is 6. The van der Waals surface area contributed by atoms with Crippen LogP contribution in [-0.2, 0) is 14.4 Å². The predicted octanol–water partition coefficient (Wildman–Crippen LogP) is 2.48. The van der Waals surface area contributed by atoms with E-state index in [0.717, 1.165) is 5.56 Å². The van der Waals surface area contributed by atoms with Crippen LogP contribution in [-0.4, -0.2) is 56.2 Å². The first-order valence-electron chi connectivity index (χ1n) is 9.96. The van der Waals surface area contributed by atoms with Crippen molar-refractivity contribution in [3.05, 3.63) is 71.8 Å². The number of fused-ring (bicyclic) bond motifs is 1. The maximum Gasteiger partial charge on any atom is 0.327 e. The van der Waals surface area contributed by atoms with Crippen LogP contribution >= 0.6 is 11.8 Å². The van der Waals surface area contributed by atoms with Crippen molar-refractivity contribution in [2.75, 3.05) is 0 Å². The molecule has 2 fully saturated rings. The van der Waals surface area contributed by atoms with Crippen molar-refractivity contribution in [1.29, 1.82) is 0 Å². The maximum atomic E-state index is 13.2. The van der Waals surface area contributed by atoms with Gasteiger partial charge in [-0.1, -0.05) is 60.7 Å². The number of aliphatic imine (C=N–C) groups is 1. The summed E-state index contributed by atoms with van der Waals surface area (Å²) in [6.07, 6.45) is 1.64. The van der Waals surface area contributed by atoms with Gasteiger partial charge in [0, 0.05) is 11.0 Å². The van der Waals surface area contributed by atoms with Crippen molar-refractivity contribution in [2.45, 2.75) is 42.1 Å². The number of carboxylic acids is 1. The average molecular weight is 438 g/mol. The van der Waals surface area contributed by atoms with Crippen LogP contribution in [0.25, 0.3) is 0 Å². The fourth-order valence-electron chi connectivity index (χ4n) is 4.02. The third kappa shape index (κ3) is 3.95. The molecule has 0 aromatic heterocycles. The molecule has 31 heavy (non-hydrogen) atoms. The standard InChI is InChI=1S/C23H23N3O4S/c1-23(2)18(22(29)30)26-20(28)17(21(26)31-23)25-19(27)16(15-11-7-4-8-12-15)24-13-14-9-5-3-6-10-14/h3-13,16-18,21H,1-2H3,(H,25,27)(H,29,30). The molecule has 0 bridgehead atoms. The molecule has 0 aliphatic carbocycles. The van der Waals surface area contributed by atoms with Gasteiger partial charge in [-0.15, -0.1) is 11.8 Å². The monoisotopic (exact) mass is 437 g/mol. The van der Waals surface area contributed by atoms with Gasteiger partial charge < -0.3 is 15.3 Å². The highest BCUT2D eigenvalue weighted by atomic mass is 32.2. The molecular formula is C23H23N3O4S. The van der Waals surface area contributed by atoms with Crippen molar-refractivity contribution in [1.82, 2.24) is 10.2 Å². The quantitative estimate of drug-likeness (QED) is 0.534. The van der Waals surface area contributed by atoms with Crippen LogP contribution in [0.5, 0.6) is 0 Å². The number of amides is 2. The van der Waals surface area contributed by atoms with E-state index < -0.39 is 40.1 Å². The minimum atomic E-state index is -1.03. The molecule has 8 heteroatoms. The topological polar surface area (TPSA) is 99.1 Å². The number of nitrogens with one attached hydrogen (secondary N) is 1. The number of β-lactam (4-membered cyclic amide) rings is 1. The SMILES string of the molecule is CC1(C)SC2C(NC(=O)C(N=Cc3ccccc3)c3ccccc3)C(=O)N2C1C(=O)O. The Kier molecular flexibility index (Phi) is 5.58. The van der Waals surface area contributed by atoms with E-state index in [-0.39, 0.29) is 5.91 Å². The lowest BCUT2D eigenvalue weighted by Gasteiger charge is -2.43. The lowest BCUT2D eigenvalue weighted by Crippen LogP contribution is -2.70. The van der Waals surface area contributed by atoms with Crippen LogP contribution in [0, 0.1) is 0 Å². The lowest BCUT2D eigenvalue weighted by atomic mass is 9.95. The molecule has 4 rings (SSSR count). The molecule has 2 N–H and O–H groups in total. The van der Waals surface area contributed by atoms with Crippen LogP contribution in [0.15, 0.2) is 65.7 Å². The predicted molar refractivity (Wildman–Crippen MR) is 119 cm³/mol. The fourth-order valence-corrected chi connectivity index (χ4v) is 5.64. The van der Waals surface area contributed by atoms with Gasteiger partial charge in [-0.2, -0.15) is 0 Å². The summed E-state index contributed by atoms with van der Waals surface area (Å²) in [4.78, 5) is 43.4. The number of nitrogens with zero attached hydrogens (tertiary/aromatic N) is 2. The molecule has 2 aromatic carbocycles. The van der Waals surface area contributed by atoms with Gasteiger partial charge >= 0.3 is 5.97 Å². The molecule has 160 valence electrons. The van der Waals surface area contributed by atoms with Crippen molar-refractivity contribution in [3.8, 4) is 0 Å². The van der Waals surface area contributed by atoms with Gasteiger partial charge in [0.05, 0.1) is 0 Å². The van der Waals surface area contributed by atoms with Crippen molar-refractivity contribution in [2.24, 2.45) is 4.99 Å².